The summed E-state index contributed by atoms with van der Waals surface area (Å²) in [5.41, 5.74) is -7.05. The number of hydrogen-bond acceptors (Lipinski definition) is 3. The van der Waals surface area contributed by atoms with Crippen molar-refractivity contribution in [2.45, 2.75) is 37.1 Å². The van der Waals surface area contributed by atoms with Gasteiger partial charge in [0.1, 0.15) is 6.42 Å². The van der Waals surface area contributed by atoms with E-state index in [1.54, 1.807) is 5.32 Å². The summed E-state index contributed by atoms with van der Waals surface area (Å²) >= 11 is 17.4. The fourth-order valence-corrected chi connectivity index (χ4v) is 4.16. The number of rotatable bonds is 5. The average Bonchev–Trinajstić information content (AvgIpc) is 3.12. The standard InChI is InChI=1S/C21H12Cl3F9N2O3/c22-13-3-10(4-14(23)16(13)24)18(21(31,32)33)8-35(17(37)38-18)11-2-1-9(12(5-11)20(28,29)30)7-34-15(36)6-19(25,26)27/h1-5H,6-8H2,(H,34,36). The van der Waals surface area contributed by atoms with Crippen LogP contribution in [0.4, 0.5) is 50.0 Å². The number of nitrogens with one attached hydrogen (secondary N) is 1. The second kappa shape index (κ2) is 10.2. The van der Waals surface area contributed by atoms with E-state index in [9.17, 15) is 49.1 Å². The molecule has 38 heavy (non-hydrogen) atoms. The Morgan fingerprint density at radius 3 is 2.05 bits per heavy atom. The lowest BCUT2D eigenvalue weighted by molar-refractivity contribution is -0.250. The van der Waals surface area contributed by atoms with Crippen molar-refractivity contribution in [3.8, 4) is 0 Å². The first-order chi connectivity index (χ1) is 17.2. The first-order valence-electron chi connectivity index (χ1n) is 10.0. The van der Waals surface area contributed by atoms with Crippen molar-refractivity contribution in [3.05, 3.63) is 62.1 Å². The van der Waals surface area contributed by atoms with Gasteiger partial charge in [0.15, 0.2) is 0 Å². The lowest BCUT2D eigenvalue weighted by Crippen LogP contribution is -2.46. The van der Waals surface area contributed by atoms with Gasteiger partial charge in [0.2, 0.25) is 5.91 Å². The van der Waals surface area contributed by atoms with E-state index < -0.39 is 88.1 Å². The third-order valence-electron chi connectivity index (χ3n) is 5.32. The van der Waals surface area contributed by atoms with E-state index >= 15 is 0 Å². The Hall–Kier alpha value is -2.58. The maximum Gasteiger partial charge on any atom is 0.434 e. The fourth-order valence-electron chi connectivity index (χ4n) is 3.56. The second-order valence-electron chi connectivity index (χ2n) is 7.94. The minimum absolute atomic E-state index is 0.283. The van der Waals surface area contributed by atoms with Crippen molar-refractivity contribution in [3.63, 3.8) is 0 Å². The predicted octanol–water partition coefficient (Wildman–Crippen LogP) is 7.65. The van der Waals surface area contributed by atoms with Gasteiger partial charge in [-0.3, -0.25) is 9.69 Å². The lowest BCUT2D eigenvalue weighted by atomic mass is 9.92. The van der Waals surface area contributed by atoms with Crippen LogP contribution < -0.4 is 10.2 Å². The molecule has 1 atom stereocenters. The van der Waals surface area contributed by atoms with E-state index in [1.165, 1.54) is 0 Å². The van der Waals surface area contributed by atoms with Crippen LogP contribution in [0.15, 0.2) is 30.3 Å². The van der Waals surface area contributed by atoms with E-state index in [0.29, 0.717) is 12.1 Å². The molecule has 3 rings (SSSR count). The van der Waals surface area contributed by atoms with Crippen molar-refractivity contribution in [2.24, 2.45) is 0 Å². The normalized spacial score (nSPS) is 18.5. The molecule has 0 aliphatic carbocycles. The summed E-state index contributed by atoms with van der Waals surface area (Å²) in [6.45, 7) is -2.33. The Morgan fingerprint density at radius 2 is 1.55 bits per heavy atom. The van der Waals surface area contributed by atoms with Gasteiger partial charge < -0.3 is 10.1 Å². The molecule has 0 saturated carbocycles. The van der Waals surface area contributed by atoms with Gasteiger partial charge in [-0.2, -0.15) is 39.5 Å². The van der Waals surface area contributed by atoms with E-state index in [1.807, 2.05) is 0 Å². The topological polar surface area (TPSA) is 58.6 Å². The number of carbonyl (C=O) groups is 2. The number of halogens is 12. The Morgan fingerprint density at radius 1 is 0.974 bits per heavy atom. The van der Waals surface area contributed by atoms with Crippen molar-refractivity contribution < 1.29 is 53.8 Å². The van der Waals surface area contributed by atoms with Crippen LogP contribution in [0.2, 0.25) is 15.1 Å². The zero-order chi connectivity index (χ0) is 28.8. The van der Waals surface area contributed by atoms with E-state index in [4.69, 9.17) is 34.8 Å². The number of amides is 2. The van der Waals surface area contributed by atoms with Crippen molar-refractivity contribution in [2.75, 3.05) is 11.4 Å². The Balaban J connectivity index is 2.00. The first kappa shape index (κ1) is 30.0. The summed E-state index contributed by atoms with van der Waals surface area (Å²) < 4.78 is 125. The number of carbonyl (C=O) groups excluding carboxylic acids is 2. The molecule has 0 radical (unpaired) electrons. The van der Waals surface area contributed by atoms with Crippen molar-refractivity contribution in [1.82, 2.24) is 5.32 Å². The van der Waals surface area contributed by atoms with E-state index in [2.05, 4.69) is 4.74 Å². The third kappa shape index (κ3) is 6.18. The van der Waals surface area contributed by atoms with Crippen LogP contribution in [0.3, 0.4) is 0 Å². The molecule has 1 saturated heterocycles. The summed E-state index contributed by atoms with van der Waals surface area (Å²) in [4.78, 5) is 24.2. The first-order valence-corrected chi connectivity index (χ1v) is 11.1. The highest BCUT2D eigenvalue weighted by molar-refractivity contribution is 6.48. The summed E-state index contributed by atoms with van der Waals surface area (Å²) in [7, 11) is 0. The molecule has 2 amide bonds. The highest BCUT2D eigenvalue weighted by Gasteiger charge is 2.65. The molecule has 1 unspecified atom stereocenters. The summed E-state index contributed by atoms with van der Waals surface area (Å²) in [6.07, 6.45) is -19.0. The van der Waals surface area contributed by atoms with Gasteiger partial charge in [0.05, 0.1) is 27.2 Å². The summed E-state index contributed by atoms with van der Waals surface area (Å²) in [6, 6.07) is 3.31. The molecule has 0 spiro atoms. The molecule has 0 bridgehead atoms. The summed E-state index contributed by atoms with van der Waals surface area (Å²) in [5, 5.41) is 0.571. The smallest absolute Gasteiger partial charge is 0.426 e. The van der Waals surface area contributed by atoms with Gasteiger partial charge in [-0.15, -0.1) is 0 Å². The fraction of sp³-hybridized carbons (Fsp3) is 0.333. The molecule has 1 fully saturated rings. The molecule has 0 aromatic heterocycles. The maximum atomic E-state index is 14.2. The van der Waals surface area contributed by atoms with Crippen LogP contribution in [-0.4, -0.2) is 30.9 Å². The number of nitrogens with zero attached hydrogens (tertiary/aromatic N) is 1. The van der Waals surface area contributed by atoms with Crippen LogP contribution in [0.1, 0.15) is 23.1 Å². The molecule has 1 N–H and O–H groups in total. The SMILES string of the molecule is O=C(CC(F)(F)F)NCc1ccc(N2CC(c3cc(Cl)c(Cl)c(Cl)c3)(C(F)(F)F)OC2=O)cc1C(F)(F)F. The number of ether oxygens (including phenoxy) is 1. The number of anilines is 1. The Labute approximate surface area is 222 Å². The molecule has 2 aromatic rings. The van der Waals surface area contributed by atoms with Crippen LogP contribution >= 0.6 is 34.8 Å². The minimum atomic E-state index is -5.30. The van der Waals surface area contributed by atoms with Crippen LogP contribution in [-0.2, 0) is 27.9 Å². The third-order valence-corrected chi connectivity index (χ3v) is 6.52. The maximum absolute atomic E-state index is 14.2. The predicted molar refractivity (Wildman–Crippen MR) is 117 cm³/mol. The van der Waals surface area contributed by atoms with Gasteiger partial charge in [0.25, 0.3) is 5.60 Å². The van der Waals surface area contributed by atoms with E-state index in [-0.39, 0.29) is 9.92 Å². The molecule has 5 nitrogen and oxygen atoms in total. The quantitative estimate of drug-likeness (QED) is 0.277. The van der Waals surface area contributed by atoms with Gasteiger partial charge >= 0.3 is 24.6 Å². The van der Waals surface area contributed by atoms with Crippen LogP contribution in [0.5, 0.6) is 0 Å². The number of hydrogen-bond donors (Lipinski definition) is 1. The zero-order valence-corrected chi connectivity index (χ0v) is 20.5. The Kier molecular flexibility index (Phi) is 8.04. The monoisotopic (exact) mass is 616 g/mol. The largest absolute Gasteiger partial charge is 0.434 e. The lowest BCUT2D eigenvalue weighted by Gasteiger charge is -2.30. The molecule has 1 aliphatic heterocycles. The van der Waals surface area contributed by atoms with Crippen molar-refractivity contribution >= 4 is 52.5 Å². The summed E-state index contributed by atoms with van der Waals surface area (Å²) in [5.74, 6) is -1.60. The minimum Gasteiger partial charge on any atom is -0.426 e. The van der Waals surface area contributed by atoms with Crippen LogP contribution in [0, 0.1) is 0 Å². The molecule has 2 aromatic carbocycles. The van der Waals surface area contributed by atoms with Gasteiger partial charge in [-0.1, -0.05) is 40.9 Å². The Bertz CT molecular complexity index is 1240. The van der Waals surface area contributed by atoms with E-state index in [0.717, 1.165) is 18.2 Å². The highest BCUT2D eigenvalue weighted by atomic mass is 35.5. The molecular formula is C21H12Cl3F9N2O3. The molecule has 17 heteroatoms. The van der Waals surface area contributed by atoms with Crippen molar-refractivity contribution in [1.29, 1.82) is 0 Å². The number of benzene rings is 2. The second-order valence-corrected chi connectivity index (χ2v) is 9.13. The van der Waals surface area contributed by atoms with Crippen LogP contribution in [0.25, 0.3) is 0 Å². The molecule has 1 aliphatic rings. The average molecular weight is 618 g/mol. The highest BCUT2D eigenvalue weighted by Crippen LogP contribution is 2.50. The number of cyclic esters (lactones) is 1. The molecule has 208 valence electrons. The van der Waals surface area contributed by atoms with Gasteiger partial charge in [0, 0.05) is 17.8 Å². The van der Waals surface area contributed by atoms with Gasteiger partial charge in [-0.05, 0) is 29.8 Å². The molecule has 1 heterocycles. The number of alkyl halides is 9. The molecular weight excluding hydrogens is 606 g/mol. The van der Waals surface area contributed by atoms with Gasteiger partial charge in [-0.25, -0.2) is 4.79 Å². The zero-order valence-electron chi connectivity index (χ0n) is 18.2.